The Bertz CT molecular complexity index is 556. The molecule has 0 aromatic heterocycles. The van der Waals surface area contributed by atoms with Crippen molar-refractivity contribution in [1.29, 1.82) is 0 Å². The van der Waals surface area contributed by atoms with Crippen LogP contribution in [0.25, 0.3) is 0 Å². The lowest BCUT2D eigenvalue weighted by molar-refractivity contribution is 0.317. The summed E-state index contributed by atoms with van der Waals surface area (Å²) in [7, 11) is 0. The topological polar surface area (TPSA) is 21.3 Å². The van der Waals surface area contributed by atoms with Gasteiger partial charge in [0.25, 0.3) is 0 Å². The van der Waals surface area contributed by atoms with Crippen molar-refractivity contribution in [2.24, 2.45) is 0 Å². The lowest BCUT2D eigenvalue weighted by atomic mass is 10.1. The molecule has 2 aromatic rings. The Hall–Kier alpha value is -1.87. The van der Waals surface area contributed by atoms with Gasteiger partial charge in [-0.15, -0.1) is 0 Å². The Morgan fingerprint density at radius 3 is 2.67 bits per heavy atom. The first kappa shape index (κ1) is 15.5. The van der Waals surface area contributed by atoms with E-state index in [0.717, 1.165) is 43.9 Å². The van der Waals surface area contributed by atoms with E-state index in [0.29, 0.717) is 0 Å². The van der Waals surface area contributed by atoms with E-state index in [2.05, 4.69) is 24.4 Å². The van der Waals surface area contributed by atoms with Crippen LogP contribution in [-0.4, -0.2) is 13.2 Å². The number of halogens is 1. The summed E-state index contributed by atoms with van der Waals surface area (Å²) in [6.07, 6.45) is 1.83. The lowest BCUT2D eigenvalue weighted by Gasteiger charge is -2.08. The van der Waals surface area contributed by atoms with Gasteiger partial charge in [0.05, 0.1) is 6.61 Å². The van der Waals surface area contributed by atoms with Gasteiger partial charge in [0, 0.05) is 6.54 Å². The molecule has 0 unspecified atom stereocenters. The van der Waals surface area contributed by atoms with E-state index in [1.54, 1.807) is 12.1 Å². The summed E-state index contributed by atoms with van der Waals surface area (Å²) in [6.45, 7) is 4.45. The van der Waals surface area contributed by atoms with E-state index in [1.807, 2.05) is 18.2 Å². The number of ether oxygens (including phenoxy) is 1. The van der Waals surface area contributed by atoms with Crippen LogP contribution in [0.1, 0.15) is 24.5 Å². The molecular weight excluding hydrogens is 265 g/mol. The normalized spacial score (nSPS) is 10.6. The van der Waals surface area contributed by atoms with Crippen LogP contribution in [0.5, 0.6) is 5.75 Å². The number of rotatable bonds is 8. The fraction of sp³-hybridized carbons (Fsp3) is 0.333. The highest BCUT2D eigenvalue weighted by molar-refractivity contribution is 5.28. The van der Waals surface area contributed by atoms with Gasteiger partial charge in [0.1, 0.15) is 11.6 Å². The van der Waals surface area contributed by atoms with Gasteiger partial charge in [-0.1, -0.05) is 31.2 Å². The molecule has 0 heterocycles. The summed E-state index contributed by atoms with van der Waals surface area (Å²) in [6, 6.07) is 14.9. The van der Waals surface area contributed by atoms with Crippen LogP contribution >= 0.6 is 0 Å². The number of hydrogen-bond donors (Lipinski definition) is 1. The molecule has 0 spiro atoms. The average molecular weight is 287 g/mol. The van der Waals surface area contributed by atoms with E-state index in [-0.39, 0.29) is 5.82 Å². The Balaban J connectivity index is 1.75. The smallest absolute Gasteiger partial charge is 0.123 e. The van der Waals surface area contributed by atoms with Gasteiger partial charge in [-0.2, -0.15) is 0 Å². The first-order valence-corrected chi connectivity index (χ1v) is 7.45. The van der Waals surface area contributed by atoms with Gasteiger partial charge in [0.15, 0.2) is 0 Å². The van der Waals surface area contributed by atoms with E-state index in [4.69, 9.17) is 4.74 Å². The zero-order valence-corrected chi connectivity index (χ0v) is 12.4. The average Bonchev–Trinajstić information content (AvgIpc) is 2.50. The summed E-state index contributed by atoms with van der Waals surface area (Å²) < 4.78 is 18.7. The molecule has 0 fully saturated rings. The zero-order valence-electron chi connectivity index (χ0n) is 12.4. The molecule has 2 rings (SSSR count). The molecule has 0 aliphatic rings. The first-order chi connectivity index (χ1) is 10.3. The van der Waals surface area contributed by atoms with Gasteiger partial charge in [-0.05, 0) is 54.8 Å². The molecule has 0 atom stereocenters. The zero-order chi connectivity index (χ0) is 14.9. The van der Waals surface area contributed by atoms with Gasteiger partial charge >= 0.3 is 0 Å². The van der Waals surface area contributed by atoms with Gasteiger partial charge in [0.2, 0.25) is 0 Å². The molecule has 2 aromatic carbocycles. The SMILES string of the molecule is CCCOc1cccc(CNCCc2cccc(F)c2)c1. The molecule has 1 N–H and O–H groups in total. The van der Waals surface area contributed by atoms with Crippen molar-refractivity contribution in [3.8, 4) is 5.75 Å². The predicted molar refractivity (Wildman–Crippen MR) is 84.0 cm³/mol. The molecule has 0 aliphatic carbocycles. The van der Waals surface area contributed by atoms with Crippen molar-refractivity contribution in [2.45, 2.75) is 26.3 Å². The third-order valence-electron chi connectivity index (χ3n) is 3.18. The minimum atomic E-state index is -0.173. The van der Waals surface area contributed by atoms with E-state index in [1.165, 1.54) is 11.6 Å². The number of nitrogens with one attached hydrogen (secondary N) is 1. The maximum atomic E-state index is 13.1. The highest BCUT2D eigenvalue weighted by Gasteiger charge is 1.98. The molecule has 0 saturated carbocycles. The molecule has 0 aliphatic heterocycles. The van der Waals surface area contributed by atoms with Crippen molar-refractivity contribution < 1.29 is 9.13 Å². The minimum Gasteiger partial charge on any atom is -0.494 e. The van der Waals surface area contributed by atoms with Gasteiger partial charge in [-0.25, -0.2) is 4.39 Å². The van der Waals surface area contributed by atoms with Gasteiger partial charge < -0.3 is 10.1 Å². The molecule has 0 saturated heterocycles. The van der Waals surface area contributed by atoms with Crippen LogP contribution in [0.3, 0.4) is 0 Å². The van der Waals surface area contributed by atoms with Crippen LogP contribution in [0.4, 0.5) is 4.39 Å². The Morgan fingerprint density at radius 2 is 1.86 bits per heavy atom. The van der Waals surface area contributed by atoms with Crippen LogP contribution in [0.2, 0.25) is 0 Å². The number of hydrogen-bond acceptors (Lipinski definition) is 2. The minimum absolute atomic E-state index is 0.173. The third-order valence-corrected chi connectivity index (χ3v) is 3.18. The van der Waals surface area contributed by atoms with Crippen molar-refractivity contribution in [1.82, 2.24) is 5.32 Å². The third kappa shape index (κ3) is 5.56. The standard InChI is InChI=1S/C18H22FNO/c1-2-11-21-18-8-4-6-16(13-18)14-20-10-9-15-5-3-7-17(19)12-15/h3-8,12-13,20H,2,9-11,14H2,1H3. The van der Waals surface area contributed by atoms with Crippen molar-refractivity contribution >= 4 is 0 Å². The van der Waals surface area contributed by atoms with E-state index < -0.39 is 0 Å². The van der Waals surface area contributed by atoms with E-state index >= 15 is 0 Å². The fourth-order valence-electron chi connectivity index (χ4n) is 2.12. The summed E-state index contributed by atoms with van der Waals surface area (Å²) in [5.74, 6) is 0.745. The highest BCUT2D eigenvalue weighted by Crippen LogP contribution is 2.13. The molecule has 21 heavy (non-hydrogen) atoms. The van der Waals surface area contributed by atoms with Crippen molar-refractivity contribution in [3.05, 3.63) is 65.5 Å². The maximum Gasteiger partial charge on any atom is 0.123 e. The highest BCUT2D eigenvalue weighted by atomic mass is 19.1. The lowest BCUT2D eigenvalue weighted by Crippen LogP contribution is -2.16. The molecule has 0 bridgehead atoms. The Kier molecular flexibility index (Phi) is 6.22. The molecule has 0 amide bonds. The van der Waals surface area contributed by atoms with Crippen LogP contribution in [-0.2, 0) is 13.0 Å². The summed E-state index contributed by atoms with van der Waals surface area (Å²) >= 11 is 0. The second-order valence-electron chi connectivity index (χ2n) is 5.05. The largest absolute Gasteiger partial charge is 0.494 e. The Labute approximate surface area is 126 Å². The van der Waals surface area contributed by atoms with Crippen LogP contribution < -0.4 is 10.1 Å². The summed E-state index contributed by atoms with van der Waals surface area (Å²) in [5, 5.41) is 3.37. The first-order valence-electron chi connectivity index (χ1n) is 7.45. The van der Waals surface area contributed by atoms with Crippen molar-refractivity contribution in [2.75, 3.05) is 13.2 Å². The molecule has 2 nitrogen and oxygen atoms in total. The summed E-state index contributed by atoms with van der Waals surface area (Å²) in [4.78, 5) is 0. The quantitative estimate of drug-likeness (QED) is 0.742. The molecule has 112 valence electrons. The van der Waals surface area contributed by atoms with Crippen LogP contribution in [0, 0.1) is 5.82 Å². The molecular formula is C18H22FNO. The molecule has 3 heteroatoms. The predicted octanol–water partition coefficient (Wildman–Crippen LogP) is 3.95. The summed E-state index contributed by atoms with van der Waals surface area (Å²) in [5.41, 5.74) is 2.21. The second kappa shape index (κ2) is 8.42. The monoisotopic (exact) mass is 287 g/mol. The number of benzene rings is 2. The van der Waals surface area contributed by atoms with Gasteiger partial charge in [-0.3, -0.25) is 0 Å². The second-order valence-corrected chi connectivity index (χ2v) is 5.05. The fourth-order valence-corrected chi connectivity index (χ4v) is 2.12. The Morgan fingerprint density at radius 1 is 1.05 bits per heavy atom. The maximum absolute atomic E-state index is 13.1. The van der Waals surface area contributed by atoms with Crippen molar-refractivity contribution in [3.63, 3.8) is 0 Å². The van der Waals surface area contributed by atoms with E-state index in [9.17, 15) is 4.39 Å². The van der Waals surface area contributed by atoms with Crippen LogP contribution in [0.15, 0.2) is 48.5 Å². The molecule has 0 radical (unpaired) electrons.